The van der Waals surface area contributed by atoms with E-state index in [1.807, 2.05) is 0 Å². The molecule has 0 saturated heterocycles. The highest BCUT2D eigenvalue weighted by Gasteiger charge is 2.44. The van der Waals surface area contributed by atoms with Crippen molar-refractivity contribution < 1.29 is 18.3 Å². The molecule has 0 aromatic rings. The smallest absolute Gasteiger partial charge is 0.388 e. The third kappa shape index (κ3) is 3.15. The molecule has 0 aliphatic heterocycles. The van der Waals surface area contributed by atoms with Gasteiger partial charge < -0.3 is 10.8 Å². The highest BCUT2D eigenvalue weighted by Crippen LogP contribution is 2.42. The predicted molar refractivity (Wildman–Crippen MR) is 42.0 cm³/mol. The molecule has 1 rings (SSSR count). The van der Waals surface area contributed by atoms with Crippen molar-refractivity contribution in [2.45, 2.75) is 37.5 Å². The van der Waals surface area contributed by atoms with Gasteiger partial charge in [0.25, 0.3) is 0 Å². The summed E-state index contributed by atoms with van der Waals surface area (Å²) in [7, 11) is 0. The Kier molecular flexibility index (Phi) is 2.87. The summed E-state index contributed by atoms with van der Waals surface area (Å²) in [5, 5.41) is 9.70. The van der Waals surface area contributed by atoms with Gasteiger partial charge in [-0.05, 0) is 25.2 Å². The highest BCUT2D eigenvalue weighted by molar-refractivity contribution is 4.95. The number of nitrogens with two attached hydrogens (primary N) is 1. The first-order chi connectivity index (χ1) is 5.87. The summed E-state index contributed by atoms with van der Waals surface area (Å²) in [6.45, 7) is -0.0756. The lowest BCUT2D eigenvalue weighted by Crippen LogP contribution is -2.41. The minimum Gasteiger partial charge on any atom is -0.388 e. The molecule has 1 saturated carbocycles. The molecular formula is C8H14F3NO. The van der Waals surface area contributed by atoms with Crippen molar-refractivity contribution in [2.24, 2.45) is 11.7 Å². The summed E-state index contributed by atoms with van der Waals surface area (Å²) in [4.78, 5) is 0. The number of halogens is 3. The van der Waals surface area contributed by atoms with Crippen LogP contribution < -0.4 is 5.73 Å². The lowest BCUT2D eigenvalue weighted by atomic mass is 9.92. The van der Waals surface area contributed by atoms with Crippen LogP contribution in [-0.4, -0.2) is 23.4 Å². The van der Waals surface area contributed by atoms with Gasteiger partial charge in [0, 0.05) is 13.0 Å². The Bertz CT molecular complexity index is 179. The fourth-order valence-corrected chi connectivity index (χ4v) is 1.45. The SMILES string of the molecule is NCC(O)(CCC(F)(F)F)C1CC1. The second kappa shape index (κ2) is 3.46. The fourth-order valence-electron chi connectivity index (χ4n) is 1.45. The third-order valence-corrected chi connectivity index (χ3v) is 2.53. The molecule has 1 atom stereocenters. The Balaban J connectivity index is 2.39. The number of rotatable bonds is 4. The van der Waals surface area contributed by atoms with Crippen LogP contribution >= 0.6 is 0 Å². The largest absolute Gasteiger partial charge is 0.389 e. The quantitative estimate of drug-likeness (QED) is 0.716. The van der Waals surface area contributed by atoms with E-state index in [4.69, 9.17) is 5.73 Å². The molecule has 0 radical (unpaired) electrons. The Morgan fingerprint density at radius 2 is 1.77 bits per heavy atom. The molecule has 1 unspecified atom stereocenters. The summed E-state index contributed by atoms with van der Waals surface area (Å²) in [6, 6.07) is 0. The molecule has 5 heteroatoms. The fraction of sp³-hybridized carbons (Fsp3) is 1.00. The molecular weight excluding hydrogens is 183 g/mol. The van der Waals surface area contributed by atoms with Crippen molar-refractivity contribution in [3.63, 3.8) is 0 Å². The average molecular weight is 197 g/mol. The van der Waals surface area contributed by atoms with Crippen LogP contribution in [0.1, 0.15) is 25.7 Å². The van der Waals surface area contributed by atoms with Crippen molar-refractivity contribution in [1.29, 1.82) is 0 Å². The standard InChI is InChI=1S/C8H14F3NO/c9-8(10,11)4-3-7(13,5-12)6-1-2-6/h6,13H,1-5,12H2. The first-order valence-electron chi connectivity index (χ1n) is 4.36. The minimum atomic E-state index is -4.20. The zero-order chi connectivity index (χ0) is 10.1. The molecule has 0 bridgehead atoms. The molecule has 1 fully saturated rings. The number of hydrogen-bond acceptors (Lipinski definition) is 2. The Morgan fingerprint density at radius 3 is 2.08 bits per heavy atom. The van der Waals surface area contributed by atoms with Crippen LogP contribution in [0.2, 0.25) is 0 Å². The molecule has 0 amide bonds. The third-order valence-electron chi connectivity index (χ3n) is 2.53. The summed E-state index contributed by atoms with van der Waals surface area (Å²) >= 11 is 0. The molecule has 0 aromatic carbocycles. The summed E-state index contributed by atoms with van der Waals surface area (Å²) in [5.74, 6) is -0.0140. The van der Waals surface area contributed by atoms with Crippen LogP contribution in [0, 0.1) is 5.92 Å². The van der Waals surface area contributed by atoms with Gasteiger partial charge in [0.1, 0.15) is 0 Å². The van der Waals surface area contributed by atoms with E-state index in [1.54, 1.807) is 0 Å². The Labute approximate surface area is 74.9 Å². The molecule has 3 N–H and O–H groups in total. The minimum absolute atomic E-state index is 0.0140. The topological polar surface area (TPSA) is 46.2 Å². The van der Waals surface area contributed by atoms with Gasteiger partial charge in [-0.2, -0.15) is 13.2 Å². The second-order valence-corrected chi connectivity index (χ2v) is 3.70. The maximum atomic E-state index is 11.9. The van der Waals surface area contributed by atoms with Crippen molar-refractivity contribution in [1.82, 2.24) is 0 Å². The van der Waals surface area contributed by atoms with E-state index in [-0.39, 0.29) is 18.9 Å². The summed E-state index contributed by atoms with van der Waals surface area (Å²) in [5.41, 5.74) is 3.98. The number of alkyl halides is 3. The Morgan fingerprint density at radius 1 is 1.23 bits per heavy atom. The van der Waals surface area contributed by atoms with Crippen molar-refractivity contribution in [2.75, 3.05) is 6.54 Å². The zero-order valence-electron chi connectivity index (χ0n) is 7.27. The van der Waals surface area contributed by atoms with E-state index in [1.165, 1.54) is 0 Å². The molecule has 1 aliphatic carbocycles. The predicted octanol–water partition coefficient (Wildman–Crippen LogP) is 1.43. The van der Waals surface area contributed by atoms with E-state index < -0.39 is 18.2 Å². The van der Waals surface area contributed by atoms with Gasteiger partial charge in [-0.3, -0.25) is 0 Å². The average Bonchev–Trinajstić information content (AvgIpc) is 2.81. The number of aliphatic hydroxyl groups is 1. The molecule has 1 aliphatic rings. The van der Waals surface area contributed by atoms with Crippen molar-refractivity contribution >= 4 is 0 Å². The molecule has 13 heavy (non-hydrogen) atoms. The lowest BCUT2D eigenvalue weighted by Gasteiger charge is -2.26. The van der Waals surface area contributed by atoms with Gasteiger partial charge in [0.05, 0.1) is 5.60 Å². The van der Waals surface area contributed by atoms with E-state index in [2.05, 4.69) is 0 Å². The van der Waals surface area contributed by atoms with Gasteiger partial charge >= 0.3 is 6.18 Å². The van der Waals surface area contributed by atoms with Crippen LogP contribution in [0.15, 0.2) is 0 Å². The highest BCUT2D eigenvalue weighted by atomic mass is 19.4. The van der Waals surface area contributed by atoms with Crippen LogP contribution in [0.4, 0.5) is 13.2 Å². The van der Waals surface area contributed by atoms with Crippen molar-refractivity contribution in [3.05, 3.63) is 0 Å². The van der Waals surface area contributed by atoms with Crippen molar-refractivity contribution in [3.8, 4) is 0 Å². The van der Waals surface area contributed by atoms with E-state index in [9.17, 15) is 18.3 Å². The van der Waals surface area contributed by atoms with Gasteiger partial charge in [-0.1, -0.05) is 0 Å². The zero-order valence-corrected chi connectivity index (χ0v) is 7.27. The van der Waals surface area contributed by atoms with E-state index in [0.29, 0.717) is 0 Å². The van der Waals surface area contributed by atoms with E-state index in [0.717, 1.165) is 12.8 Å². The van der Waals surface area contributed by atoms with Gasteiger partial charge in [-0.15, -0.1) is 0 Å². The maximum absolute atomic E-state index is 11.9. The van der Waals surface area contributed by atoms with Crippen LogP contribution in [0.25, 0.3) is 0 Å². The monoisotopic (exact) mass is 197 g/mol. The Hall–Kier alpha value is -0.290. The van der Waals surface area contributed by atoms with Gasteiger partial charge in [0.15, 0.2) is 0 Å². The molecule has 2 nitrogen and oxygen atoms in total. The van der Waals surface area contributed by atoms with E-state index >= 15 is 0 Å². The summed E-state index contributed by atoms with van der Waals surface area (Å²) < 4.78 is 35.6. The number of hydrogen-bond donors (Lipinski definition) is 2. The molecule has 0 aromatic heterocycles. The first-order valence-corrected chi connectivity index (χ1v) is 4.36. The van der Waals surface area contributed by atoms with Gasteiger partial charge in [0.2, 0.25) is 0 Å². The normalized spacial score (nSPS) is 22.8. The van der Waals surface area contributed by atoms with Crippen LogP contribution in [0.3, 0.4) is 0 Å². The second-order valence-electron chi connectivity index (χ2n) is 3.70. The first kappa shape index (κ1) is 10.8. The molecule has 78 valence electrons. The molecule has 0 spiro atoms. The summed E-state index contributed by atoms with van der Waals surface area (Å²) in [6.07, 6.45) is -3.82. The van der Waals surface area contributed by atoms with Gasteiger partial charge in [-0.25, -0.2) is 0 Å². The maximum Gasteiger partial charge on any atom is 0.389 e. The van der Waals surface area contributed by atoms with Crippen LogP contribution in [0.5, 0.6) is 0 Å². The molecule has 0 heterocycles. The lowest BCUT2D eigenvalue weighted by molar-refractivity contribution is -0.147. The van der Waals surface area contributed by atoms with Crippen LogP contribution in [-0.2, 0) is 0 Å².